The fraction of sp³-hybridized carbons (Fsp3) is 0.310. The molecule has 7 nitrogen and oxygen atoms in total. The molecule has 0 fully saturated rings. The maximum atomic E-state index is 13.9. The lowest BCUT2D eigenvalue weighted by Gasteiger charge is -2.32. The van der Waals surface area contributed by atoms with Gasteiger partial charge in [-0.1, -0.05) is 66.0 Å². The van der Waals surface area contributed by atoms with E-state index in [1.54, 1.807) is 19.1 Å². The van der Waals surface area contributed by atoms with Gasteiger partial charge in [-0.3, -0.25) is 13.9 Å². The molecule has 2 atom stereocenters. The van der Waals surface area contributed by atoms with Crippen LogP contribution < -0.4 is 9.62 Å². The first-order chi connectivity index (χ1) is 20.1. The first-order valence-corrected chi connectivity index (χ1v) is 15.6. The largest absolute Gasteiger partial charge is 0.417 e. The molecule has 232 valence electrons. The van der Waals surface area contributed by atoms with E-state index in [1.165, 1.54) is 43.3 Å². The van der Waals surface area contributed by atoms with Gasteiger partial charge in [0.2, 0.25) is 11.8 Å². The quantitative estimate of drug-likeness (QED) is 0.233. The van der Waals surface area contributed by atoms with E-state index in [-0.39, 0.29) is 27.5 Å². The molecular formula is C29H29Cl3F3N3O4S. The zero-order valence-corrected chi connectivity index (χ0v) is 26.4. The molecule has 1 N–H and O–H groups in total. The van der Waals surface area contributed by atoms with E-state index >= 15 is 0 Å². The molecule has 0 unspecified atom stereocenters. The number of halogens is 6. The van der Waals surface area contributed by atoms with E-state index in [9.17, 15) is 31.2 Å². The summed E-state index contributed by atoms with van der Waals surface area (Å²) in [7, 11) is -4.58. The molecule has 43 heavy (non-hydrogen) atoms. The van der Waals surface area contributed by atoms with Crippen LogP contribution in [-0.2, 0) is 32.3 Å². The highest BCUT2D eigenvalue weighted by Gasteiger charge is 2.37. The highest BCUT2D eigenvalue weighted by Crippen LogP contribution is 2.38. The van der Waals surface area contributed by atoms with Gasteiger partial charge in [0.1, 0.15) is 12.6 Å². The van der Waals surface area contributed by atoms with Crippen LogP contribution in [0.1, 0.15) is 38.3 Å². The highest BCUT2D eigenvalue weighted by atomic mass is 35.5. The second kappa shape index (κ2) is 14.2. The summed E-state index contributed by atoms with van der Waals surface area (Å²) in [5.41, 5.74) is -1.24. The van der Waals surface area contributed by atoms with Crippen molar-refractivity contribution in [1.82, 2.24) is 10.2 Å². The topological polar surface area (TPSA) is 86.8 Å². The van der Waals surface area contributed by atoms with Crippen LogP contribution in [0.15, 0.2) is 71.6 Å². The van der Waals surface area contributed by atoms with Crippen LogP contribution in [0, 0.1) is 0 Å². The minimum Gasteiger partial charge on any atom is -0.352 e. The molecular weight excluding hydrogens is 650 g/mol. The number of amides is 2. The van der Waals surface area contributed by atoms with Crippen LogP contribution in [0.5, 0.6) is 0 Å². The minimum atomic E-state index is -4.90. The summed E-state index contributed by atoms with van der Waals surface area (Å²) in [6, 6.07) is 12.8. The molecule has 0 aliphatic carbocycles. The Morgan fingerprint density at radius 3 is 2.12 bits per heavy atom. The van der Waals surface area contributed by atoms with E-state index in [1.807, 2.05) is 6.92 Å². The zero-order chi connectivity index (χ0) is 32.1. The molecule has 3 rings (SSSR count). The Morgan fingerprint density at radius 1 is 0.907 bits per heavy atom. The third-order valence-corrected chi connectivity index (χ3v) is 9.52. The Morgan fingerprint density at radius 2 is 1.53 bits per heavy atom. The summed E-state index contributed by atoms with van der Waals surface area (Å²) in [6.07, 6.45) is -4.29. The number of nitrogens with one attached hydrogen (secondary N) is 1. The maximum Gasteiger partial charge on any atom is 0.417 e. The van der Waals surface area contributed by atoms with Crippen molar-refractivity contribution in [2.75, 3.05) is 10.8 Å². The fourth-order valence-corrected chi connectivity index (χ4v) is 5.99. The predicted octanol–water partition coefficient (Wildman–Crippen LogP) is 7.19. The van der Waals surface area contributed by atoms with Gasteiger partial charge in [0, 0.05) is 12.6 Å². The predicted molar refractivity (Wildman–Crippen MR) is 162 cm³/mol. The molecule has 3 aromatic rings. The monoisotopic (exact) mass is 677 g/mol. The summed E-state index contributed by atoms with van der Waals surface area (Å²) in [5.74, 6) is -1.37. The molecule has 0 saturated carbocycles. The Labute approximate surface area is 263 Å². The average Bonchev–Trinajstić information content (AvgIpc) is 2.96. The van der Waals surface area contributed by atoms with Gasteiger partial charge in [-0.15, -0.1) is 0 Å². The standard InChI is InChI=1S/C29H29Cl3F3N3O4S/c1-4-18(2)36-28(40)19(3)37(16-20-10-12-25(31)26(32)14-20)27(39)17-38(43(41,42)22-8-6-5-7-9-22)21-11-13-24(30)23(15-21)29(33,34)35/h5-15,18-19H,4,16-17H2,1-3H3,(H,36,40)/t18-,19+/m1/s1. The second-order valence-corrected chi connectivity index (χ2v) is 12.8. The number of sulfonamides is 1. The molecule has 0 radical (unpaired) electrons. The Kier molecular flexibility index (Phi) is 11.4. The Bertz CT molecular complexity index is 1570. The number of anilines is 1. The summed E-state index contributed by atoms with van der Waals surface area (Å²) < 4.78 is 69.4. The summed E-state index contributed by atoms with van der Waals surface area (Å²) >= 11 is 18.0. The van der Waals surface area contributed by atoms with Gasteiger partial charge in [0.15, 0.2) is 0 Å². The lowest BCUT2D eigenvalue weighted by molar-refractivity contribution is -0.139. The van der Waals surface area contributed by atoms with Crippen LogP contribution >= 0.6 is 34.8 Å². The number of rotatable bonds is 11. The lowest BCUT2D eigenvalue weighted by Crippen LogP contribution is -2.52. The number of alkyl halides is 3. The van der Waals surface area contributed by atoms with E-state index in [0.717, 1.165) is 17.0 Å². The van der Waals surface area contributed by atoms with Crippen molar-refractivity contribution in [2.45, 2.75) is 56.9 Å². The van der Waals surface area contributed by atoms with Gasteiger partial charge in [-0.05, 0) is 68.3 Å². The van der Waals surface area contributed by atoms with Crippen molar-refractivity contribution in [3.63, 3.8) is 0 Å². The van der Waals surface area contributed by atoms with Crippen LogP contribution in [0.2, 0.25) is 15.1 Å². The van der Waals surface area contributed by atoms with Crippen molar-refractivity contribution in [3.8, 4) is 0 Å². The third-order valence-electron chi connectivity index (χ3n) is 6.66. The third kappa shape index (κ3) is 8.56. The van der Waals surface area contributed by atoms with Crippen molar-refractivity contribution in [1.29, 1.82) is 0 Å². The van der Waals surface area contributed by atoms with Crippen LogP contribution in [0.3, 0.4) is 0 Å². The molecule has 14 heteroatoms. The lowest BCUT2D eigenvalue weighted by atomic mass is 10.1. The number of hydrogen-bond acceptors (Lipinski definition) is 4. The molecule has 0 saturated heterocycles. The van der Waals surface area contributed by atoms with Crippen molar-refractivity contribution in [3.05, 3.63) is 92.9 Å². The van der Waals surface area contributed by atoms with Crippen molar-refractivity contribution < 1.29 is 31.2 Å². The van der Waals surface area contributed by atoms with E-state index in [0.29, 0.717) is 22.4 Å². The maximum absolute atomic E-state index is 13.9. The molecule has 0 bridgehead atoms. The first-order valence-electron chi connectivity index (χ1n) is 13.0. The first kappa shape index (κ1) is 34.5. The van der Waals surface area contributed by atoms with Gasteiger partial charge < -0.3 is 10.2 Å². The van der Waals surface area contributed by atoms with E-state index < -0.39 is 56.9 Å². The Hall–Kier alpha value is -2.99. The van der Waals surface area contributed by atoms with Gasteiger partial charge in [0.25, 0.3) is 10.0 Å². The number of hydrogen-bond donors (Lipinski definition) is 1. The average molecular weight is 679 g/mol. The van der Waals surface area contributed by atoms with Crippen molar-refractivity contribution in [2.24, 2.45) is 0 Å². The molecule has 0 aromatic heterocycles. The molecule has 0 spiro atoms. The number of nitrogens with zero attached hydrogens (tertiary/aromatic N) is 2. The zero-order valence-electron chi connectivity index (χ0n) is 23.3. The molecule has 0 aliphatic heterocycles. The smallest absolute Gasteiger partial charge is 0.352 e. The number of benzene rings is 3. The summed E-state index contributed by atoms with van der Waals surface area (Å²) in [6.45, 7) is 3.99. The number of carbonyl (C=O) groups excluding carboxylic acids is 2. The SMILES string of the molecule is CC[C@@H](C)NC(=O)[C@H](C)N(Cc1ccc(Cl)c(Cl)c1)C(=O)CN(c1ccc(Cl)c(C(F)(F)F)c1)S(=O)(=O)c1ccccc1. The fourth-order valence-electron chi connectivity index (χ4n) is 4.02. The van der Waals surface area contributed by atoms with Gasteiger partial charge in [-0.2, -0.15) is 13.2 Å². The van der Waals surface area contributed by atoms with Gasteiger partial charge >= 0.3 is 6.18 Å². The molecule has 2 amide bonds. The Balaban J connectivity index is 2.12. The minimum absolute atomic E-state index is 0.182. The molecule has 0 aliphatic rings. The molecule has 0 heterocycles. The van der Waals surface area contributed by atoms with Gasteiger partial charge in [-0.25, -0.2) is 8.42 Å². The van der Waals surface area contributed by atoms with E-state index in [4.69, 9.17) is 34.8 Å². The second-order valence-electron chi connectivity index (χ2n) is 9.75. The number of carbonyl (C=O) groups is 2. The van der Waals surface area contributed by atoms with E-state index in [2.05, 4.69) is 5.32 Å². The highest BCUT2D eigenvalue weighted by molar-refractivity contribution is 7.92. The van der Waals surface area contributed by atoms with Crippen LogP contribution in [0.25, 0.3) is 0 Å². The summed E-state index contributed by atoms with van der Waals surface area (Å²) in [5, 5.41) is 2.60. The summed E-state index contributed by atoms with van der Waals surface area (Å²) in [4.78, 5) is 27.9. The van der Waals surface area contributed by atoms with Crippen molar-refractivity contribution >= 4 is 62.3 Å². The van der Waals surface area contributed by atoms with Gasteiger partial charge in [0.05, 0.1) is 31.2 Å². The molecule has 3 aromatic carbocycles. The normalized spacial score (nSPS) is 13.2. The van der Waals surface area contributed by atoms with Crippen LogP contribution in [0.4, 0.5) is 18.9 Å². The van der Waals surface area contributed by atoms with Crippen LogP contribution in [-0.4, -0.2) is 43.8 Å².